The van der Waals surface area contributed by atoms with E-state index in [4.69, 9.17) is 10.5 Å². The van der Waals surface area contributed by atoms with Gasteiger partial charge in [0.2, 0.25) is 0 Å². The lowest BCUT2D eigenvalue weighted by Gasteiger charge is -2.41. The summed E-state index contributed by atoms with van der Waals surface area (Å²) in [7, 11) is 0. The van der Waals surface area contributed by atoms with E-state index in [9.17, 15) is 18.3 Å². The van der Waals surface area contributed by atoms with E-state index in [2.05, 4.69) is 4.74 Å². The number of hydrogen-bond donors (Lipinski definition) is 2. The van der Waals surface area contributed by atoms with Crippen LogP contribution in [-0.2, 0) is 10.3 Å². The van der Waals surface area contributed by atoms with Crippen molar-refractivity contribution < 1.29 is 27.8 Å². The fraction of sp³-hybridized carbons (Fsp3) is 0.538. The minimum Gasteiger partial charge on any atom is -0.405 e. The maximum atomic E-state index is 12.5. The molecule has 0 saturated carbocycles. The average molecular weight is 291 g/mol. The quantitative estimate of drug-likeness (QED) is 0.891. The van der Waals surface area contributed by atoms with Crippen molar-refractivity contribution in [2.75, 3.05) is 19.8 Å². The summed E-state index contributed by atoms with van der Waals surface area (Å²) in [6.45, 7) is 0.261. The molecule has 0 aliphatic carbocycles. The third-order valence-corrected chi connectivity index (χ3v) is 3.54. The van der Waals surface area contributed by atoms with Gasteiger partial charge in [0.15, 0.2) is 0 Å². The van der Waals surface area contributed by atoms with Gasteiger partial charge in [0, 0.05) is 18.1 Å². The van der Waals surface area contributed by atoms with Crippen LogP contribution in [0.4, 0.5) is 13.2 Å². The Morgan fingerprint density at radius 3 is 2.75 bits per heavy atom. The summed E-state index contributed by atoms with van der Waals surface area (Å²) in [6.07, 6.45) is -4.47. The van der Waals surface area contributed by atoms with Crippen molar-refractivity contribution in [2.45, 2.75) is 18.3 Å². The number of hydrogen-bond acceptors (Lipinski definition) is 4. The molecule has 0 bridgehead atoms. The monoisotopic (exact) mass is 291 g/mol. The van der Waals surface area contributed by atoms with Gasteiger partial charge in [0.1, 0.15) is 5.75 Å². The molecule has 1 saturated heterocycles. The van der Waals surface area contributed by atoms with Gasteiger partial charge in [-0.25, -0.2) is 0 Å². The van der Waals surface area contributed by atoms with Gasteiger partial charge in [-0.1, -0.05) is 18.2 Å². The molecule has 1 unspecified atom stereocenters. The highest BCUT2D eigenvalue weighted by atomic mass is 19.4. The predicted molar refractivity (Wildman–Crippen MR) is 65.0 cm³/mol. The highest BCUT2D eigenvalue weighted by Gasteiger charge is 2.42. The summed E-state index contributed by atoms with van der Waals surface area (Å²) in [6, 6.07) is 5.76. The first-order valence-electron chi connectivity index (χ1n) is 6.19. The molecule has 0 aromatic heterocycles. The third kappa shape index (κ3) is 3.05. The molecule has 20 heavy (non-hydrogen) atoms. The van der Waals surface area contributed by atoms with Crippen LogP contribution in [0.25, 0.3) is 0 Å². The van der Waals surface area contributed by atoms with Gasteiger partial charge in [-0.2, -0.15) is 0 Å². The molecule has 112 valence electrons. The van der Waals surface area contributed by atoms with Crippen molar-refractivity contribution >= 4 is 0 Å². The molecular weight excluding hydrogens is 275 g/mol. The molecule has 7 heteroatoms. The van der Waals surface area contributed by atoms with Crippen LogP contribution in [0.2, 0.25) is 0 Å². The fourth-order valence-electron chi connectivity index (χ4n) is 2.45. The first kappa shape index (κ1) is 15.1. The zero-order valence-corrected chi connectivity index (χ0v) is 10.7. The number of para-hydroxylation sites is 1. The van der Waals surface area contributed by atoms with Crippen molar-refractivity contribution in [3.63, 3.8) is 0 Å². The maximum Gasteiger partial charge on any atom is 0.573 e. The molecule has 0 spiro atoms. The first-order valence-corrected chi connectivity index (χ1v) is 6.19. The van der Waals surface area contributed by atoms with E-state index in [-0.39, 0.29) is 24.5 Å². The van der Waals surface area contributed by atoms with E-state index in [0.717, 1.165) is 0 Å². The molecular formula is C13H16F3NO3. The Labute approximate surface area is 114 Å². The lowest BCUT2D eigenvalue weighted by Crippen LogP contribution is -2.51. The van der Waals surface area contributed by atoms with E-state index in [1.807, 2.05) is 0 Å². The molecule has 2 atom stereocenters. The largest absolute Gasteiger partial charge is 0.573 e. The number of halogens is 3. The molecule has 1 heterocycles. The van der Waals surface area contributed by atoms with E-state index in [1.165, 1.54) is 18.2 Å². The van der Waals surface area contributed by atoms with Crippen molar-refractivity contribution in [3.8, 4) is 5.75 Å². The van der Waals surface area contributed by atoms with Crippen LogP contribution in [0, 0.1) is 5.92 Å². The predicted octanol–water partition coefficient (Wildman–Crippen LogP) is 1.77. The highest BCUT2D eigenvalue weighted by Crippen LogP contribution is 2.40. The van der Waals surface area contributed by atoms with Gasteiger partial charge in [-0.05, 0) is 12.5 Å². The molecule has 0 amide bonds. The van der Waals surface area contributed by atoms with E-state index < -0.39 is 17.8 Å². The van der Waals surface area contributed by atoms with E-state index in [0.29, 0.717) is 13.0 Å². The molecule has 1 aromatic rings. The standard InChI is InChI=1S/C13H16F3NO3/c14-13(15,16)20-11-4-2-1-3-10(11)12(17)5-6-19-8-9(12)7-18/h1-4,9,18H,5-8,17H2/t9?,12-/m0/s1. The Balaban J connectivity index is 2.40. The summed E-state index contributed by atoms with van der Waals surface area (Å²) in [5.74, 6) is -0.808. The fourth-order valence-corrected chi connectivity index (χ4v) is 2.45. The lowest BCUT2D eigenvalue weighted by molar-refractivity contribution is -0.275. The number of ether oxygens (including phenoxy) is 2. The van der Waals surface area contributed by atoms with Gasteiger partial charge in [-0.3, -0.25) is 0 Å². The van der Waals surface area contributed by atoms with Gasteiger partial charge >= 0.3 is 6.36 Å². The molecule has 1 fully saturated rings. The Kier molecular flexibility index (Phi) is 4.22. The Bertz CT molecular complexity index is 466. The number of aliphatic hydroxyl groups is 1. The summed E-state index contributed by atoms with van der Waals surface area (Å²) in [4.78, 5) is 0. The van der Waals surface area contributed by atoms with Crippen LogP contribution < -0.4 is 10.5 Å². The van der Waals surface area contributed by atoms with Crippen molar-refractivity contribution in [3.05, 3.63) is 29.8 Å². The summed E-state index contributed by atoms with van der Waals surface area (Å²) in [5, 5.41) is 9.39. The van der Waals surface area contributed by atoms with E-state index in [1.54, 1.807) is 6.07 Å². The van der Waals surface area contributed by atoms with Crippen molar-refractivity contribution in [1.29, 1.82) is 0 Å². The van der Waals surface area contributed by atoms with Crippen LogP contribution in [0.15, 0.2) is 24.3 Å². The normalized spacial score (nSPS) is 27.4. The molecule has 2 rings (SSSR count). The Morgan fingerprint density at radius 2 is 2.10 bits per heavy atom. The maximum absolute atomic E-state index is 12.5. The van der Waals surface area contributed by atoms with Gasteiger partial charge in [-0.15, -0.1) is 13.2 Å². The van der Waals surface area contributed by atoms with Crippen LogP contribution in [0.1, 0.15) is 12.0 Å². The Hall–Kier alpha value is -1.31. The topological polar surface area (TPSA) is 64.7 Å². The Morgan fingerprint density at radius 1 is 1.40 bits per heavy atom. The number of rotatable bonds is 3. The molecule has 0 radical (unpaired) electrons. The first-order chi connectivity index (χ1) is 9.37. The SMILES string of the molecule is N[C@@]1(c2ccccc2OC(F)(F)F)CCOCC1CO. The zero-order chi connectivity index (χ0) is 14.8. The van der Waals surface area contributed by atoms with Crippen LogP contribution in [0.5, 0.6) is 5.75 Å². The zero-order valence-electron chi connectivity index (χ0n) is 10.7. The number of aliphatic hydroxyl groups excluding tert-OH is 1. The molecule has 1 aromatic carbocycles. The summed E-state index contributed by atoms with van der Waals surface area (Å²) < 4.78 is 46.6. The summed E-state index contributed by atoms with van der Waals surface area (Å²) >= 11 is 0. The van der Waals surface area contributed by atoms with Crippen LogP contribution in [0.3, 0.4) is 0 Å². The second-order valence-electron chi connectivity index (χ2n) is 4.79. The number of benzene rings is 1. The smallest absolute Gasteiger partial charge is 0.405 e. The highest BCUT2D eigenvalue weighted by molar-refractivity contribution is 5.40. The minimum absolute atomic E-state index is 0.202. The summed E-state index contributed by atoms with van der Waals surface area (Å²) in [5.41, 5.74) is 5.40. The van der Waals surface area contributed by atoms with Crippen LogP contribution in [-0.4, -0.2) is 31.3 Å². The van der Waals surface area contributed by atoms with Gasteiger partial charge in [0.25, 0.3) is 0 Å². The number of alkyl halides is 3. The lowest BCUT2D eigenvalue weighted by atomic mass is 9.75. The molecule has 3 N–H and O–H groups in total. The number of nitrogens with two attached hydrogens (primary N) is 1. The average Bonchev–Trinajstić information content (AvgIpc) is 2.38. The van der Waals surface area contributed by atoms with Crippen molar-refractivity contribution in [2.24, 2.45) is 11.7 Å². The third-order valence-electron chi connectivity index (χ3n) is 3.54. The van der Waals surface area contributed by atoms with Gasteiger partial charge < -0.3 is 20.3 Å². The molecule has 1 aliphatic rings. The molecule has 1 aliphatic heterocycles. The molecule has 4 nitrogen and oxygen atoms in total. The van der Waals surface area contributed by atoms with Crippen molar-refractivity contribution in [1.82, 2.24) is 0 Å². The van der Waals surface area contributed by atoms with Gasteiger partial charge in [0.05, 0.1) is 18.8 Å². The second-order valence-corrected chi connectivity index (χ2v) is 4.79. The minimum atomic E-state index is -4.79. The van der Waals surface area contributed by atoms with E-state index >= 15 is 0 Å². The second kappa shape index (κ2) is 5.59. The van der Waals surface area contributed by atoms with Crippen LogP contribution >= 0.6 is 0 Å².